The molecule has 1 aromatic carbocycles. The Morgan fingerprint density at radius 3 is 2.50 bits per heavy atom. The van der Waals surface area contributed by atoms with E-state index in [9.17, 15) is 14.4 Å². The van der Waals surface area contributed by atoms with Gasteiger partial charge < -0.3 is 11.1 Å². The van der Waals surface area contributed by atoms with Gasteiger partial charge in [0.2, 0.25) is 5.91 Å². The van der Waals surface area contributed by atoms with E-state index in [-0.39, 0.29) is 13.0 Å². The number of hydrogen-bond donors (Lipinski definition) is 2. The zero-order valence-corrected chi connectivity index (χ0v) is 9.63. The molecular formula is C12H13N3O3. The van der Waals surface area contributed by atoms with E-state index < -0.39 is 23.9 Å². The first-order valence-corrected chi connectivity index (χ1v) is 5.52. The summed E-state index contributed by atoms with van der Waals surface area (Å²) in [6.45, 7) is -0.0859. The third-order valence-corrected chi connectivity index (χ3v) is 2.79. The minimum absolute atomic E-state index is 0.0859. The topological polar surface area (TPSA) is 92.5 Å². The summed E-state index contributed by atoms with van der Waals surface area (Å²) in [5, 5.41) is 2.37. The van der Waals surface area contributed by atoms with Crippen LogP contribution in [-0.2, 0) is 16.0 Å². The van der Waals surface area contributed by atoms with E-state index in [1.165, 1.54) is 0 Å². The van der Waals surface area contributed by atoms with Gasteiger partial charge in [-0.25, -0.2) is 9.69 Å². The van der Waals surface area contributed by atoms with E-state index >= 15 is 0 Å². The molecule has 3 N–H and O–H groups in total. The van der Waals surface area contributed by atoms with Gasteiger partial charge in [0.15, 0.2) is 0 Å². The zero-order valence-electron chi connectivity index (χ0n) is 9.63. The summed E-state index contributed by atoms with van der Waals surface area (Å²) in [5.74, 6) is -1.12. The predicted molar refractivity (Wildman–Crippen MR) is 63.4 cm³/mol. The normalized spacial score (nSPS) is 16.6. The maximum atomic E-state index is 11.6. The van der Waals surface area contributed by atoms with E-state index in [1.807, 2.05) is 30.3 Å². The average molecular weight is 247 g/mol. The highest BCUT2D eigenvalue weighted by atomic mass is 16.2. The summed E-state index contributed by atoms with van der Waals surface area (Å²) in [7, 11) is 0. The quantitative estimate of drug-likeness (QED) is 0.711. The van der Waals surface area contributed by atoms with Crippen LogP contribution in [0.4, 0.5) is 4.79 Å². The number of imide groups is 1. The van der Waals surface area contributed by atoms with Crippen molar-refractivity contribution >= 4 is 17.8 Å². The first kappa shape index (κ1) is 12.1. The fraction of sp³-hybridized carbons (Fsp3) is 0.250. The molecule has 94 valence electrons. The number of rotatable bonds is 4. The van der Waals surface area contributed by atoms with Crippen LogP contribution in [0, 0.1) is 0 Å². The Morgan fingerprint density at radius 1 is 1.33 bits per heavy atom. The zero-order chi connectivity index (χ0) is 13.1. The highest BCUT2D eigenvalue weighted by Crippen LogP contribution is 2.12. The molecule has 0 aliphatic carbocycles. The number of carbonyl (C=O) groups excluding carboxylic acids is 3. The Balaban J connectivity index is 2.21. The van der Waals surface area contributed by atoms with Crippen LogP contribution in [0.5, 0.6) is 0 Å². The van der Waals surface area contributed by atoms with Gasteiger partial charge in [-0.1, -0.05) is 30.3 Å². The molecule has 18 heavy (non-hydrogen) atoms. The number of benzene rings is 1. The largest absolute Gasteiger partial charge is 0.368 e. The van der Waals surface area contributed by atoms with Gasteiger partial charge in [0.1, 0.15) is 6.04 Å². The number of urea groups is 1. The van der Waals surface area contributed by atoms with E-state index in [4.69, 9.17) is 5.73 Å². The lowest BCUT2D eigenvalue weighted by Gasteiger charge is -2.22. The van der Waals surface area contributed by atoms with Crippen molar-refractivity contribution in [1.29, 1.82) is 0 Å². The molecule has 6 heteroatoms. The van der Waals surface area contributed by atoms with Crippen LogP contribution in [0.15, 0.2) is 30.3 Å². The molecule has 1 aromatic rings. The second-order valence-electron chi connectivity index (χ2n) is 4.03. The summed E-state index contributed by atoms with van der Waals surface area (Å²) in [4.78, 5) is 35.4. The van der Waals surface area contributed by atoms with Crippen molar-refractivity contribution < 1.29 is 14.4 Å². The maximum absolute atomic E-state index is 11.6. The lowest BCUT2D eigenvalue weighted by molar-refractivity contribution is -0.133. The molecule has 0 unspecified atom stereocenters. The highest BCUT2D eigenvalue weighted by molar-refractivity contribution is 6.05. The second-order valence-corrected chi connectivity index (χ2v) is 4.03. The van der Waals surface area contributed by atoms with Crippen LogP contribution >= 0.6 is 0 Å². The van der Waals surface area contributed by atoms with E-state index in [0.29, 0.717) is 0 Å². The van der Waals surface area contributed by atoms with Gasteiger partial charge in [-0.15, -0.1) is 0 Å². The van der Waals surface area contributed by atoms with E-state index in [0.717, 1.165) is 10.5 Å². The molecule has 1 fully saturated rings. The molecule has 1 heterocycles. The summed E-state index contributed by atoms with van der Waals surface area (Å²) in [5.41, 5.74) is 6.12. The van der Waals surface area contributed by atoms with Crippen LogP contribution in [0.3, 0.4) is 0 Å². The molecule has 0 bridgehead atoms. The SMILES string of the molecule is NC(=O)[C@H](Cc1ccccc1)N1C(=O)CNC1=O. The molecule has 1 atom stereocenters. The maximum Gasteiger partial charge on any atom is 0.325 e. The summed E-state index contributed by atoms with van der Waals surface area (Å²) in [6, 6.07) is 7.60. The second kappa shape index (κ2) is 4.87. The predicted octanol–water partition coefficient (Wildman–Crippen LogP) is -0.365. The molecule has 4 amide bonds. The Labute approximate surface area is 104 Å². The lowest BCUT2D eigenvalue weighted by Crippen LogP contribution is -2.49. The summed E-state index contributed by atoms with van der Waals surface area (Å²) < 4.78 is 0. The minimum atomic E-state index is -0.942. The van der Waals surface area contributed by atoms with Gasteiger partial charge in [-0.3, -0.25) is 9.59 Å². The monoisotopic (exact) mass is 247 g/mol. The summed E-state index contributed by atoms with van der Waals surface area (Å²) >= 11 is 0. The van der Waals surface area contributed by atoms with Crippen LogP contribution in [0.1, 0.15) is 5.56 Å². The van der Waals surface area contributed by atoms with Crippen molar-refractivity contribution in [3.8, 4) is 0 Å². The van der Waals surface area contributed by atoms with Gasteiger partial charge >= 0.3 is 6.03 Å². The van der Waals surface area contributed by atoms with Gasteiger partial charge in [-0.05, 0) is 5.56 Å². The van der Waals surface area contributed by atoms with Crippen LogP contribution in [0.25, 0.3) is 0 Å². The number of hydrogen-bond acceptors (Lipinski definition) is 3. The molecule has 6 nitrogen and oxygen atoms in total. The Hall–Kier alpha value is -2.37. The number of nitrogens with two attached hydrogens (primary N) is 1. The van der Waals surface area contributed by atoms with Gasteiger partial charge in [0, 0.05) is 6.42 Å². The Bertz CT molecular complexity index is 471. The number of nitrogens with zero attached hydrogens (tertiary/aromatic N) is 1. The Kier molecular flexibility index (Phi) is 3.27. The molecule has 1 saturated heterocycles. The molecule has 2 rings (SSSR count). The number of amides is 4. The molecule has 0 radical (unpaired) electrons. The fourth-order valence-electron chi connectivity index (χ4n) is 1.91. The standard InChI is InChI=1S/C12H13N3O3/c13-11(17)9(6-8-4-2-1-3-5-8)15-10(16)7-14-12(15)18/h1-5,9H,6-7H2,(H2,13,17)(H,14,18)/t9-/m0/s1. The van der Waals surface area contributed by atoms with Gasteiger partial charge in [-0.2, -0.15) is 0 Å². The van der Waals surface area contributed by atoms with Crippen LogP contribution in [-0.4, -0.2) is 35.3 Å². The van der Waals surface area contributed by atoms with Gasteiger partial charge in [0.05, 0.1) is 6.54 Å². The molecule has 1 aliphatic rings. The number of nitrogens with one attached hydrogen (secondary N) is 1. The van der Waals surface area contributed by atoms with Crippen molar-refractivity contribution in [1.82, 2.24) is 10.2 Å². The fourth-order valence-corrected chi connectivity index (χ4v) is 1.91. The average Bonchev–Trinajstić information content (AvgIpc) is 2.67. The number of primary amides is 1. The first-order valence-electron chi connectivity index (χ1n) is 5.52. The first-order chi connectivity index (χ1) is 8.59. The van der Waals surface area contributed by atoms with Crippen molar-refractivity contribution in [3.63, 3.8) is 0 Å². The van der Waals surface area contributed by atoms with E-state index in [1.54, 1.807) is 0 Å². The smallest absolute Gasteiger partial charge is 0.325 e. The lowest BCUT2D eigenvalue weighted by atomic mass is 10.0. The van der Waals surface area contributed by atoms with Crippen LogP contribution < -0.4 is 11.1 Å². The third-order valence-electron chi connectivity index (χ3n) is 2.79. The van der Waals surface area contributed by atoms with Crippen molar-refractivity contribution in [2.75, 3.05) is 6.54 Å². The van der Waals surface area contributed by atoms with Crippen molar-refractivity contribution in [2.45, 2.75) is 12.5 Å². The molecule has 0 aromatic heterocycles. The number of carbonyl (C=O) groups is 3. The molecule has 0 spiro atoms. The molecular weight excluding hydrogens is 234 g/mol. The summed E-state index contributed by atoms with van der Waals surface area (Å²) in [6.07, 6.45) is 0.231. The van der Waals surface area contributed by atoms with E-state index in [2.05, 4.69) is 5.32 Å². The van der Waals surface area contributed by atoms with Crippen LogP contribution in [0.2, 0.25) is 0 Å². The third kappa shape index (κ3) is 2.32. The van der Waals surface area contributed by atoms with Crippen molar-refractivity contribution in [3.05, 3.63) is 35.9 Å². The van der Waals surface area contributed by atoms with Crippen molar-refractivity contribution in [2.24, 2.45) is 5.73 Å². The molecule has 0 saturated carbocycles. The van der Waals surface area contributed by atoms with Gasteiger partial charge in [0.25, 0.3) is 5.91 Å². The Morgan fingerprint density at radius 2 is 2.00 bits per heavy atom. The minimum Gasteiger partial charge on any atom is -0.368 e. The highest BCUT2D eigenvalue weighted by Gasteiger charge is 2.37. The molecule has 1 aliphatic heterocycles.